The Hall–Kier alpha value is -1.75. The van der Waals surface area contributed by atoms with Gasteiger partial charge >= 0.3 is 0 Å². The molecule has 5 heteroatoms. The van der Waals surface area contributed by atoms with Crippen molar-refractivity contribution in [2.75, 3.05) is 5.32 Å². The van der Waals surface area contributed by atoms with Crippen LogP contribution in [0.5, 0.6) is 0 Å². The second-order valence-electron chi connectivity index (χ2n) is 3.60. The van der Waals surface area contributed by atoms with Crippen LogP contribution in [0, 0.1) is 6.92 Å². The summed E-state index contributed by atoms with van der Waals surface area (Å²) in [6, 6.07) is 5.54. The van der Waals surface area contributed by atoms with Crippen LogP contribution in [-0.2, 0) is 0 Å². The van der Waals surface area contributed by atoms with Crippen LogP contribution < -0.4 is 5.32 Å². The largest absolute Gasteiger partial charge is 0.319 e. The lowest BCUT2D eigenvalue weighted by Gasteiger charge is -2.05. The highest BCUT2D eigenvalue weighted by molar-refractivity contribution is 9.10. The third kappa shape index (κ3) is 3.10. The fraction of sp³-hybridized carbons (Fsp3) is 0.0833. The zero-order chi connectivity index (χ0) is 12.3. The molecule has 0 bridgehead atoms. The molecule has 1 amide bonds. The fourth-order valence-electron chi connectivity index (χ4n) is 1.43. The molecular weight excluding hydrogens is 282 g/mol. The Morgan fingerprint density at radius 3 is 2.59 bits per heavy atom. The van der Waals surface area contributed by atoms with Crippen molar-refractivity contribution in [3.05, 3.63) is 52.5 Å². The van der Waals surface area contributed by atoms with Gasteiger partial charge in [0.15, 0.2) is 0 Å². The monoisotopic (exact) mass is 291 g/mol. The minimum Gasteiger partial charge on any atom is -0.319 e. The maximum absolute atomic E-state index is 11.9. The number of nitrogens with zero attached hydrogens (tertiary/aromatic N) is 2. The molecular formula is C12H10BrN3O. The van der Waals surface area contributed by atoms with Gasteiger partial charge in [-0.15, -0.1) is 0 Å². The average molecular weight is 292 g/mol. The van der Waals surface area contributed by atoms with Crippen molar-refractivity contribution >= 4 is 27.5 Å². The van der Waals surface area contributed by atoms with E-state index in [2.05, 4.69) is 31.2 Å². The highest BCUT2D eigenvalue weighted by atomic mass is 79.9. The minimum atomic E-state index is -0.177. The molecule has 1 aromatic heterocycles. The van der Waals surface area contributed by atoms with Gasteiger partial charge in [0.05, 0.1) is 18.1 Å². The molecule has 0 aliphatic heterocycles. The first-order valence-electron chi connectivity index (χ1n) is 4.99. The predicted molar refractivity (Wildman–Crippen MR) is 68.9 cm³/mol. The third-order valence-electron chi connectivity index (χ3n) is 2.12. The summed E-state index contributed by atoms with van der Waals surface area (Å²) in [6.45, 7) is 1.94. The van der Waals surface area contributed by atoms with Crippen LogP contribution in [0.25, 0.3) is 0 Å². The number of aromatic nitrogens is 2. The third-order valence-corrected chi connectivity index (χ3v) is 2.58. The summed E-state index contributed by atoms with van der Waals surface area (Å²) < 4.78 is 0.881. The second-order valence-corrected chi connectivity index (χ2v) is 4.51. The zero-order valence-corrected chi connectivity index (χ0v) is 10.7. The van der Waals surface area contributed by atoms with Gasteiger partial charge in [0.1, 0.15) is 6.33 Å². The molecule has 4 nitrogen and oxygen atoms in total. The molecule has 86 valence electrons. The number of amides is 1. The lowest BCUT2D eigenvalue weighted by Crippen LogP contribution is -2.12. The Balaban J connectivity index is 2.20. The number of nitrogens with one attached hydrogen (secondary N) is 1. The van der Waals surface area contributed by atoms with Crippen molar-refractivity contribution in [2.45, 2.75) is 6.92 Å². The van der Waals surface area contributed by atoms with E-state index in [1.165, 1.54) is 6.33 Å². The van der Waals surface area contributed by atoms with Gasteiger partial charge in [-0.05, 0) is 30.7 Å². The molecule has 0 spiro atoms. The second kappa shape index (κ2) is 5.05. The van der Waals surface area contributed by atoms with Crippen molar-refractivity contribution in [1.82, 2.24) is 9.97 Å². The van der Waals surface area contributed by atoms with E-state index in [1.54, 1.807) is 18.5 Å². The average Bonchev–Trinajstić information content (AvgIpc) is 2.29. The summed E-state index contributed by atoms with van der Waals surface area (Å²) in [5.41, 5.74) is 2.20. The molecule has 0 saturated carbocycles. The molecule has 0 atom stereocenters. The van der Waals surface area contributed by atoms with Gasteiger partial charge in [-0.25, -0.2) is 9.97 Å². The van der Waals surface area contributed by atoms with Crippen molar-refractivity contribution < 1.29 is 4.79 Å². The van der Waals surface area contributed by atoms with Crippen LogP contribution in [0.4, 0.5) is 5.69 Å². The van der Waals surface area contributed by atoms with Crippen LogP contribution in [0.1, 0.15) is 15.9 Å². The lowest BCUT2D eigenvalue weighted by atomic mass is 10.1. The van der Waals surface area contributed by atoms with Crippen molar-refractivity contribution in [2.24, 2.45) is 0 Å². The zero-order valence-electron chi connectivity index (χ0n) is 9.14. The van der Waals surface area contributed by atoms with Gasteiger partial charge in [0.25, 0.3) is 5.91 Å². The number of benzene rings is 1. The van der Waals surface area contributed by atoms with Crippen LogP contribution >= 0.6 is 15.9 Å². The predicted octanol–water partition coefficient (Wildman–Crippen LogP) is 2.80. The summed E-state index contributed by atoms with van der Waals surface area (Å²) in [6.07, 6.45) is 4.52. The molecule has 1 aromatic carbocycles. The molecule has 1 N–H and O–H groups in total. The molecule has 17 heavy (non-hydrogen) atoms. The molecule has 0 aliphatic carbocycles. The van der Waals surface area contributed by atoms with E-state index >= 15 is 0 Å². The first-order chi connectivity index (χ1) is 8.15. The van der Waals surface area contributed by atoms with Gasteiger partial charge in [-0.3, -0.25) is 4.79 Å². The van der Waals surface area contributed by atoms with Crippen molar-refractivity contribution in [1.29, 1.82) is 0 Å². The van der Waals surface area contributed by atoms with Crippen LogP contribution in [0.3, 0.4) is 0 Å². The van der Waals surface area contributed by atoms with Gasteiger partial charge in [-0.2, -0.15) is 0 Å². The Morgan fingerprint density at radius 2 is 1.94 bits per heavy atom. The maximum atomic E-state index is 11.9. The lowest BCUT2D eigenvalue weighted by molar-refractivity contribution is 0.102. The first kappa shape index (κ1) is 11.7. The quantitative estimate of drug-likeness (QED) is 0.926. The Kier molecular flexibility index (Phi) is 3.49. The normalized spacial score (nSPS) is 10.0. The van der Waals surface area contributed by atoms with E-state index in [4.69, 9.17) is 0 Å². The fourth-order valence-corrected chi connectivity index (χ4v) is 2.04. The summed E-state index contributed by atoms with van der Waals surface area (Å²) >= 11 is 3.36. The number of hydrogen-bond acceptors (Lipinski definition) is 3. The van der Waals surface area contributed by atoms with Gasteiger partial charge in [-0.1, -0.05) is 15.9 Å². The summed E-state index contributed by atoms with van der Waals surface area (Å²) in [5, 5.41) is 2.73. The Morgan fingerprint density at radius 1 is 1.24 bits per heavy atom. The van der Waals surface area contributed by atoms with Gasteiger partial charge in [0.2, 0.25) is 0 Å². The highest BCUT2D eigenvalue weighted by Crippen LogP contribution is 2.16. The highest BCUT2D eigenvalue weighted by Gasteiger charge is 2.07. The van der Waals surface area contributed by atoms with E-state index in [0.29, 0.717) is 11.3 Å². The van der Waals surface area contributed by atoms with E-state index in [1.807, 2.05) is 19.1 Å². The number of hydrogen-bond donors (Lipinski definition) is 1. The number of carbonyl (C=O) groups excluding carboxylic acids is 1. The summed E-state index contributed by atoms with van der Waals surface area (Å²) in [7, 11) is 0. The number of carbonyl (C=O) groups is 1. The molecule has 0 radical (unpaired) electrons. The number of aryl methyl sites for hydroxylation is 1. The van der Waals surface area contributed by atoms with Crippen molar-refractivity contribution in [3.63, 3.8) is 0 Å². The van der Waals surface area contributed by atoms with E-state index in [9.17, 15) is 4.79 Å². The summed E-state index contributed by atoms with van der Waals surface area (Å²) in [5.74, 6) is -0.177. The number of anilines is 1. The minimum absolute atomic E-state index is 0.177. The molecule has 0 aliphatic rings. The van der Waals surface area contributed by atoms with Crippen LogP contribution in [0.15, 0.2) is 41.4 Å². The molecule has 2 aromatic rings. The SMILES string of the molecule is Cc1cc(Br)cc(C(=O)Nc2cncnc2)c1. The molecule has 2 rings (SSSR count). The van der Waals surface area contributed by atoms with E-state index in [-0.39, 0.29) is 5.91 Å². The number of halogens is 1. The Bertz CT molecular complexity index is 522. The van der Waals surface area contributed by atoms with E-state index in [0.717, 1.165) is 10.0 Å². The molecule has 0 saturated heterocycles. The standard InChI is InChI=1S/C12H10BrN3O/c1-8-2-9(4-10(13)3-8)12(17)16-11-5-14-7-15-6-11/h2-7H,1H3,(H,16,17). The van der Waals surface area contributed by atoms with Crippen LogP contribution in [-0.4, -0.2) is 15.9 Å². The topological polar surface area (TPSA) is 54.9 Å². The smallest absolute Gasteiger partial charge is 0.255 e. The Labute approximate surface area is 107 Å². The van der Waals surface area contributed by atoms with Gasteiger partial charge < -0.3 is 5.32 Å². The number of rotatable bonds is 2. The molecule has 1 heterocycles. The van der Waals surface area contributed by atoms with E-state index < -0.39 is 0 Å². The van der Waals surface area contributed by atoms with Crippen LogP contribution in [0.2, 0.25) is 0 Å². The first-order valence-corrected chi connectivity index (χ1v) is 5.78. The molecule has 0 unspecified atom stereocenters. The molecule has 0 fully saturated rings. The maximum Gasteiger partial charge on any atom is 0.255 e. The summed E-state index contributed by atoms with van der Waals surface area (Å²) in [4.78, 5) is 19.6. The van der Waals surface area contributed by atoms with Gasteiger partial charge in [0, 0.05) is 10.0 Å². The van der Waals surface area contributed by atoms with Crippen molar-refractivity contribution in [3.8, 4) is 0 Å².